The monoisotopic (exact) mass is 292 g/mol. The minimum absolute atomic E-state index is 0.0563. The van der Waals surface area contributed by atoms with Crippen LogP contribution >= 0.6 is 0 Å². The van der Waals surface area contributed by atoms with Gasteiger partial charge in [0.2, 0.25) is 11.8 Å². The lowest BCUT2D eigenvalue weighted by atomic mass is 9.92. The molecule has 0 bridgehead atoms. The Kier molecular flexibility index (Phi) is 4.30. The normalized spacial score (nSPS) is 25.9. The Labute approximate surface area is 124 Å². The molecule has 4 nitrogen and oxygen atoms in total. The van der Waals surface area contributed by atoms with E-state index in [2.05, 4.69) is 5.32 Å². The number of amides is 2. The molecule has 1 aromatic carbocycles. The Hall–Kier alpha value is -1.91. The zero-order valence-corrected chi connectivity index (χ0v) is 12.6. The summed E-state index contributed by atoms with van der Waals surface area (Å²) in [5.74, 6) is -0.462. The molecule has 1 N–H and O–H groups in total. The van der Waals surface area contributed by atoms with E-state index in [1.807, 2.05) is 6.92 Å². The Balaban J connectivity index is 2.11. The van der Waals surface area contributed by atoms with Crippen molar-refractivity contribution in [2.45, 2.75) is 45.2 Å². The van der Waals surface area contributed by atoms with Crippen LogP contribution in [0.2, 0.25) is 0 Å². The van der Waals surface area contributed by atoms with Crippen LogP contribution in [-0.4, -0.2) is 34.8 Å². The number of nitrogens with zero attached hydrogens (tertiary/aromatic N) is 1. The number of carbonyl (C=O) groups excluding carboxylic acids is 2. The minimum atomic E-state index is -0.827. The van der Waals surface area contributed by atoms with Gasteiger partial charge in [0.05, 0.1) is 0 Å². The fourth-order valence-corrected chi connectivity index (χ4v) is 2.50. The molecule has 1 aromatic rings. The van der Waals surface area contributed by atoms with Crippen LogP contribution in [0.25, 0.3) is 0 Å². The first-order chi connectivity index (χ1) is 9.87. The van der Waals surface area contributed by atoms with Gasteiger partial charge in [-0.25, -0.2) is 4.39 Å². The van der Waals surface area contributed by atoms with Crippen LogP contribution < -0.4 is 5.32 Å². The quantitative estimate of drug-likeness (QED) is 0.921. The van der Waals surface area contributed by atoms with Gasteiger partial charge in [-0.1, -0.05) is 19.1 Å². The van der Waals surface area contributed by atoms with Crippen LogP contribution in [-0.2, 0) is 16.0 Å². The lowest BCUT2D eigenvalue weighted by Crippen LogP contribution is -2.68. The second-order valence-electron chi connectivity index (χ2n) is 5.73. The highest BCUT2D eigenvalue weighted by Crippen LogP contribution is 2.21. The zero-order chi connectivity index (χ0) is 15.6. The fourth-order valence-electron chi connectivity index (χ4n) is 2.50. The van der Waals surface area contributed by atoms with Crippen LogP contribution in [0.15, 0.2) is 24.3 Å². The average Bonchev–Trinajstić information content (AvgIpc) is 2.47. The molecule has 0 saturated carbocycles. The van der Waals surface area contributed by atoms with Gasteiger partial charge < -0.3 is 10.2 Å². The molecule has 0 spiro atoms. The van der Waals surface area contributed by atoms with E-state index in [0.717, 1.165) is 5.56 Å². The van der Waals surface area contributed by atoms with Crippen molar-refractivity contribution in [2.75, 3.05) is 6.54 Å². The second kappa shape index (κ2) is 5.84. The molecule has 1 heterocycles. The van der Waals surface area contributed by atoms with Gasteiger partial charge in [0.1, 0.15) is 17.4 Å². The van der Waals surface area contributed by atoms with E-state index in [1.165, 1.54) is 12.1 Å². The van der Waals surface area contributed by atoms with Gasteiger partial charge in [0.25, 0.3) is 0 Å². The highest BCUT2D eigenvalue weighted by atomic mass is 19.1. The summed E-state index contributed by atoms with van der Waals surface area (Å²) in [6.07, 6.45) is 1.15. The molecule has 0 radical (unpaired) electrons. The number of rotatable bonds is 4. The fraction of sp³-hybridized carbons (Fsp3) is 0.500. The second-order valence-corrected chi connectivity index (χ2v) is 5.73. The molecule has 2 unspecified atom stereocenters. The maximum absolute atomic E-state index is 12.9. The van der Waals surface area contributed by atoms with Crippen molar-refractivity contribution < 1.29 is 14.0 Å². The number of halogens is 1. The zero-order valence-electron chi connectivity index (χ0n) is 12.6. The van der Waals surface area contributed by atoms with Crippen molar-refractivity contribution in [3.05, 3.63) is 35.6 Å². The van der Waals surface area contributed by atoms with Crippen LogP contribution in [0.4, 0.5) is 4.39 Å². The molecule has 114 valence electrons. The van der Waals surface area contributed by atoms with Crippen LogP contribution in [0.1, 0.15) is 32.8 Å². The summed E-state index contributed by atoms with van der Waals surface area (Å²) in [5, 5.41) is 2.80. The number of nitrogens with one attached hydrogen (secondary N) is 1. The van der Waals surface area contributed by atoms with Crippen molar-refractivity contribution in [1.82, 2.24) is 10.2 Å². The number of piperazine rings is 1. The van der Waals surface area contributed by atoms with E-state index in [4.69, 9.17) is 0 Å². The SMILES string of the molecule is CCC1(C)NC(=O)C(C)N(CCc2ccc(F)cc2)C1=O. The lowest BCUT2D eigenvalue weighted by molar-refractivity contribution is -0.153. The third-order valence-electron chi connectivity index (χ3n) is 4.24. The van der Waals surface area contributed by atoms with Crippen molar-refractivity contribution in [1.29, 1.82) is 0 Å². The largest absolute Gasteiger partial charge is 0.340 e. The van der Waals surface area contributed by atoms with Gasteiger partial charge in [0.15, 0.2) is 0 Å². The molecular formula is C16H21FN2O2. The Morgan fingerprint density at radius 3 is 2.48 bits per heavy atom. The lowest BCUT2D eigenvalue weighted by Gasteiger charge is -2.43. The van der Waals surface area contributed by atoms with E-state index in [-0.39, 0.29) is 17.6 Å². The molecule has 1 saturated heterocycles. The molecule has 2 atom stereocenters. The molecule has 1 aliphatic rings. The summed E-state index contributed by atoms with van der Waals surface area (Å²) >= 11 is 0. The van der Waals surface area contributed by atoms with Crippen LogP contribution in [0, 0.1) is 5.82 Å². The van der Waals surface area contributed by atoms with Crippen molar-refractivity contribution >= 4 is 11.8 Å². The van der Waals surface area contributed by atoms with Crippen molar-refractivity contribution in [2.24, 2.45) is 0 Å². The van der Waals surface area contributed by atoms with Crippen molar-refractivity contribution in [3.8, 4) is 0 Å². The van der Waals surface area contributed by atoms with Crippen molar-refractivity contribution in [3.63, 3.8) is 0 Å². The molecule has 1 aliphatic heterocycles. The first kappa shape index (κ1) is 15.5. The van der Waals surface area contributed by atoms with Gasteiger partial charge in [-0.2, -0.15) is 0 Å². The van der Waals surface area contributed by atoms with E-state index >= 15 is 0 Å². The number of hydrogen-bond donors (Lipinski definition) is 1. The molecular weight excluding hydrogens is 271 g/mol. The highest BCUT2D eigenvalue weighted by molar-refractivity contribution is 5.99. The first-order valence-electron chi connectivity index (χ1n) is 7.25. The highest BCUT2D eigenvalue weighted by Gasteiger charge is 2.44. The molecule has 21 heavy (non-hydrogen) atoms. The molecule has 0 aromatic heterocycles. The molecule has 2 amide bonds. The van der Waals surface area contributed by atoms with E-state index < -0.39 is 11.6 Å². The average molecular weight is 292 g/mol. The molecule has 0 aliphatic carbocycles. The number of benzene rings is 1. The summed E-state index contributed by atoms with van der Waals surface area (Å²) in [7, 11) is 0. The minimum Gasteiger partial charge on any atom is -0.340 e. The smallest absolute Gasteiger partial charge is 0.248 e. The molecule has 5 heteroatoms. The molecule has 1 fully saturated rings. The third kappa shape index (κ3) is 3.06. The van der Waals surface area contributed by atoms with Gasteiger partial charge in [-0.15, -0.1) is 0 Å². The summed E-state index contributed by atoms with van der Waals surface area (Å²) in [4.78, 5) is 26.2. The van der Waals surface area contributed by atoms with Crippen LogP contribution in [0.5, 0.6) is 0 Å². The topological polar surface area (TPSA) is 49.4 Å². The van der Waals surface area contributed by atoms with E-state index in [0.29, 0.717) is 19.4 Å². The van der Waals surface area contributed by atoms with Crippen LogP contribution in [0.3, 0.4) is 0 Å². The van der Waals surface area contributed by atoms with Gasteiger partial charge in [-0.3, -0.25) is 9.59 Å². The molecule has 2 rings (SSSR count). The maximum atomic E-state index is 12.9. The first-order valence-corrected chi connectivity index (χ1v) is 7.25. The van der Waals surface area contributed by atoms with Gasteiger partial charge >= 0.3 is 0 Å². The summed E-state index contributed by atoms with van der Waals surface area (Å²) < 4.78 is 12.9. The number of carbonyl (C=O) groups is 2. The van der Waals surface area contributed by atoms with Gasteiger partial charge in [0, 0.05) is 6.54 Å². The summed E-state index contributed by atoms with van der Waals surface area (Å²) in [6, 6.07) is 5.73. The maximum Gasteiger partial charge on any atom is 0.248 e. The van der Waals surface area contributed by atoms with Gasteiger partial charge in [-0.05, 0) is 44.4 Å². The van der Waals surface area contributed by atoms with E-state index in [1.54, 1.807) is 30.9 Å². The van der Waals surface area contributed by atoms with E-state index in [9.17, 15) is 14.0 Å². The predicted molar refractivity (Wildman–Crippen MR) is 78.1 cm³/mol. The Morgan fingerprint density at radius 2 is 1.90 bits per heavy atom. The number of hydrogen-bond acceptors (Lipinski definition) is 2. The summed E-state index contributed by atoms with van der Waals surface area (Å²) in [5.41, 5.74) is 0.118. The standard InChI is InChI=1S/C16H21FN2O2/c1-4-16(3)15(21)19(11(2)14(20)18-16)10-9-12-5-7-13(17)8-6-12/h5-8,11H,4,9-10H2,1-3H3,(H,18,20). The third-order valence-corrected chi connectivity index (χ3v) is 4.24. The Morgan fingerprint density at radius 1 is 1.29 bits per heavy atom. The summed E-state index contributed by atoms with van der Waals surface area (Å²) in [6.45, 7) is 5.82. The Bertz CT molecular complexity index is 544. The predicted octanol–water partition coefficient (Wildman–Crippen LogP) is 1.88.